The Balaban J connectivity index is 1.57. The first-order valence-corrected chi connectivity index (χ1v) is 11.1. The number of nitrogens with two attached hydrogens (primary N) is 1. The Kier molecular flexibility index (Phi) is 5.03. The van der Waals surface area contributed by atoms with E-state index in [1.54, 1.807) is 12.1 Å². The van der Waals surface area contributed by atoms with Crippen molar-refractivity contribution < 1.29 is 18.7 Å². The van der Waals surface area contributed by atoms with Gasteiger partial charge in [0.05, 0.1) is 0 Å². The van der Waals surface area contributed by atoms with Gasteiger partial charge in [-0.15, -0.1) is 0 Å². The molecule has 0 aliphatic carbocycles. The van der Waals surface area contributed by atoms with Gasteiger partial charge in [-0.2, -0.15) is 4.39 Å². The Morgan fingerprint density at radius 2 is 2.22 bits per heavy atom. The highest BCUT2D eigenvalue weighted by Gasteiger charge is 2.56. The predicted octanol–water partition coefficient (Wildman–Crippen LogP) is 3.08. The van der Waals surface area contributed by atoms with Crippen LogP contribution in [0.3, 0.4) is 0 Å². The molecule has 0 radical (unpaired) electrons. The molecule has 1 amide bonds. The van der Waals surface area contributed by atoms with E-state index in [9.17, 15) is 9.18 Å². The molecule has 1 spiro atoms. The summed E-state index contributed by atoms with van der Waals surface area (Å²) in [7, 11) is 0. The highest BCUT2D eigenvalue weighted by atomic mass is 19.1. The zero-order valence-electron chi connectivity index (χ0n) is 18.3. The van der Waals surface area contributed by atoms with Gasteiger partial charge < -0.3 is 20.1 Å². The highest BCUT2D eigenvalue weighted by Crippen LogP contribution is 2.51. The van der Waals surface area contributed by atoms with Crippen LogP contribution in [0.25, 0.3) is 11.1 Å². The number of aliphatic imine (C=N–C) groups is 1. The first kappa shape index (κ1) is 20.7. The minimum Gasteiger partial charge on any atom is -0.490 e. The Morgan fingerprint density at radius 1 is 1.38 bits per heavy atom. The molecule has 8 heteroatoms. The Bertz CT molecular complexity index is 1090. The first-order chi connectivity index (χ1) is 15.4. The molecule has 0 bridgehead atoms. The van der Waals surface area contributed by atoms with Crippen molar-refractivity contribution in [2.45, 2.75) is 38.3 Å². The lowest BCUT2D eigenvalue weighted by atomic mass is 9.71. The number of hydrogen-bond acceptors (Lipinski definition) is 6. The second kappa shape index (κ2) is 7.76. The lowest BCUT2D eigenvalue weighted by Gasteiger charge is -2.49. The lowest BCUT2D eigenvalue weighted by Crippen LogP contribution is -2.58. The third kappa shape index (κ3) is 3.38. The third-order valence-corrected chi connectivity index (χ3v) is 6.64. The molecular weight excluding hydrogens is 411 g/mol. The molecule has 1 aromatic heterocycles. The van der Waals surface area contributed by atoms with E-state index in [2.05, 4.69) is 4.98 Å². The third-order valence-electron chi connectivity index (χ3n) is 6.64. The zero-order chi connectivity index (χ0) is 22.5. The smallest absolute Gasteiger partial charge is 0.283 e. The number of amidine groups is 1. The van der Waals surface area contributed by atoms with Gasteiger partial charge >= 0.3 is 0 Å². The van der Waals surface area contributed by atoms with Gasteiger partial charge in [0.2, 0.25) is 11.9 Å². The number of carbonyl (C=O) groups is 1. The van der Waals surface area contributed by atoms with Gasteiger partial charge in [0.25, 0.3) is 6.02 Å². The van der Waals surface area contributed by atoms with Gasteiger partial charge in [-0.3, -0.25) is 4.79 Å². The molecule has 2 aromatic rings. The van der Waals surface area contributed by atoms with Gasteiger partial charge in [0.1, 0.15) is 24.0 Å². The molecule has 2 N–H and O–H groups in total. The molecule has 5 rings (SSSR count). The van der Waals surface area contributed by atoms with E-state index in [-0.39, 0.29) is 36.5 Å². The van der Waals surface area contributed by atoms with Crippen LogP contribution in [0.4, 0.5) is 4.39 Å². The van der Waals surface area contributed by atoms with E-state index in [4.69, 9.17) is 20.2 Å². The number of halogens is 1. The monoisotopic (exact) mass is 438 g/mol. The number of benzene rings is 1. The average molecular weight is 439 g/mol. The molecule has 168 valence electrons. The maximum absolute atomic E-state index is 14.4. The average Bonchev–Trinajstić information content (AvgIpc) is 3.16. The summed E-state index contributed by atoms with van der Waals surface area (Å²) in [5.74, 6) is 0.475. The molecule has 0 unspecified atom stereocenters. The molecule has 3 aliphatic heterocycles. The molecule has 3 aliphatic rings. The van der Waals surface area contributed by atoms with Crippen LogP contribution in [-0.2, 0) is 15.1 Å². The zero-order valence-corrected chi connectivity index (χ0v) is 18.3. The van der Waals surface area contributed by atoms with Crippen molar-refractivity contribution in [1.29, 1.82) is 0 Å². The molecule has 32 heavy (non-hydrogen) atoms. The summed E-state index contributed by atoms with van der Waals surface area (Å²) in [6, 6.07) is 9.10. The second-order valence-corrected chi connectivity index (χ2v) is 9.20. The Labute approximate surface area is 186 Å². The van der Waals surface area contributed by atoms with Crippen LogP contribution in [0, 0.1) is 17.8 Å². The fourth-order valence-corrected chi connectivity index (χ4v) is 5.11. The number of hydrogen-bond donors (Lipinski definition) is 1. The number of piperidine rings is 1. The van der Waals surface area contributed by atoms with Crippen LogP contribution in [-0.4, -0.2) is 47.6 Å². The summed E-state index contributed by atoms with van der Waals surface area (Å²) in [6.07, 6.45) is 2.54. The van der Waals surface area contributed by atoms with Crippen LogP contribution >= 0.6 is 0 Å². The molecular formula is C24H27FN4O3. The Hall–Kier alpha value is -3.16. The number of likely N-dealkylation sites (tertiary alicyclic amines) is 1. The minimum atomic E-state index is -0.784. The van der Waals surface area contributed by atoms with Crippen molar-refractivity contribution >= 4 is 11.9 Å². The maximum atomic E-state index is 14.4. The van der Waals surface area contributed by atoms with E-state index >= 15 is 0 Å². The van der Waals surface area contributed by atoms with Crippen LogP contribution < -0.4 is 10.5 Å². The van der Waals surface area contributed by atoms with Crippen molar-refractivity contribution in [2.24, 2.45) is 22.6 Å². The van der Waals surface area contributed by atoms with Crippen molar-refractivity contribution in [3.63, 3.8) is 0 Å². The van der Waals surface area contributed by atoms with E-state index in [0.717, 1.165) is 5.56 Å². The van der Waals surface area contributed by atoms with E-state index < -0.39 is 11.5 Å². The van der Waals surface area contributed by atoms with Crippen LogP contribution in [0.2, 0.25) is 0 Å². The van der Waals surface area contributed by atoms with Gasteiger partial charge in [-0.25, -0.2) is 9.98 Å². The first-order valence-electron chi connectivity index (χ1n) is 11.1. The van der Waals surface area contributed by atoms with Crippen molar-refractivity contribution in [2.75, 3.05) is 19.7 Å². The topological polar surface area (TPSA) is 90.0 Å². The SMILES string of the molecule is CC(C)CC(=O)N1CC[C@@H]2Oc3ccc(-c4cccnc4F)cc3[C@]3(COC(N)=N3)[C@H]2C1. The standard InChI is InChI=1S/C24H27FN4O3/c1-14(2)10-21(30)29-9-7-20-18(12-29)24(13-31-23(26)28-24)17-11-15(5-6-19(17)32-20)16-4-3-8-27-22(16)25/h3-6,8,11,14,18,20H,7,9-10,12-13H2,1-2H3,(H2,26,28)/t18-,20-,24+/m0/s1. The molecule has 4 heterocycles. The molecule has 7 nitrogen and oxygen atoms in total. The molecule has 1 aromatic carbocycles. The summed E-state index contributed by atoms with van der Waals surface area (Å²) in [5, 5.41) is 0. The second-order valence-electron chi connectivity index (χ2n) is 9.20. The number of pyridine rings is 1. The number of carbonyl (C=O) groups excluding carboxylic acids is 1. The van der Waals surface area contributed by atoms with Crippen molar-refractivity contribution in [3.8, 4) is 16.9 Å². The largest absolute Gasteiger partial charge is 0.490 e. The van der Waals surface area contributed by atoms with Gasteiger partial charge in [0, 0.05) is 49.2 Å². The normalized spacial score (nSPS) is 26.2. The van der Waals surface area contributed by atoms with E-state index in [0.29, 0.717) is 42.8 Å². The number of amides is 1. The Morgan fingerprint density at radius 3 is 2.94 bits per heavy atom. The molecule has 1 saturated heterocycles. The molecule has 0 saturated carbocycles. The van der Waals surface area contributed by atoms with Gasteiger partial charge in [-0.05, 0) is 35.7 Å². The number of fused-ring (bicyclic) bond motifs is 4. The lowest BCUT2D eigenvalue weighted by molar-refractivity contribution is -0.137. The van der Waals surface area contributed by atoms with E-state index in [1.165, 1.54) is 6.20 Å². The summed E-state index contributed by atoms with van der Waals surface area (Å²) < 4.78 is 26.4. The van der Waals surface area contributed by atoms with Crippen LogP contribution in [0.5, 0.6) is 5.75 Å². The van der Waals surface area contributed by atoms with Crippen molar-refractivity contribution in [3.05, 3.63) is 48.0 Å². The fourth-order valence-electron chi connectivity index (χ4n) is 5.11. The fraction of sp³-hybridized carbons (Fsp3) is 0.458. The number of rotatable bonds is 3. The van der Waals surface area contributed by atoms with Gasteiger partial charge in [0.15, 0.2) is 0 Å². The summed E-state index contributed by atoms with van der Waals surface area (Å²) in [6.45, 7) is 5.52. The number of aromatic nitrogens is 1. The quantitative estimate of drug-likeness (QED) is 0.744. The minimum absolute atomic E-state index is 0.107. The summed E-state index contributed by atoms with van der Waals surface area (Å²) in [5.41, 5.74) is 7.09. The molecule has 1 fully saturated rings. The highest BCUT2D eigenvalue weighted by molar-refractivity contribution is 5.77. The maximum Gasteiger partial charge on any atom is 0.283 e. The summed E-state index contributed by atoms with van der Waals surface area (Å²) >= 11 is 0. The predicted molar refractivity (Wildman–Crippen MR) is 117 cm³/mol. The number of ether oxygens (including phenoxy) is 2. The van der Waals surface area contributed by atoms with Crippen molar-refractivity contribution in [1.82, 2.24) is 9.88 Å². The van der Waals surface area contributed by atoms with E-state index in [1.807, 2.05) is 36.9 Å². The van der Waals surface area contributed by atoms with Gasteiger partial charge in [-0.1, -0.05) is 19.9 Å². The number of nitrogens with zero attached hydrogens (tertiary/aromatic N) is 3. The van der Waals surface area contributed by atoms with Crippen LogP contribution in [0.15, 0.2) is 41.5 Å². The molecule has 3 atom stereocenters. The van der Waals surface area contributed by atoms with Crippen LogP contribution in [0.1, 0.15) is 32.3 Å². The summed E-state index contributed by atoms with van der Waals surface area (Å²) in [4.78, 5) is 23.3.